The second-order valence-corrected chi connectivity index (χ2v) is 13.0. The molecule has 4 aromatic carbocycles. The normalized spacial score (nSPS) is 12.5. The number of nitrogens with one attached hydrogen (secondary N) is 1. The Kier molecular flexibility index (Phi) is 11.5. The van der Waals surface area contributed by atoms with Crippen LogP contribution in [0.5, 0.6) is 5.75 Å². The monoisotopic (exact) mass is 645 g/mol. The maximum Gasteiger partial charge on any atom is 0.264 e. The first-order chi connectivity index (χ1) is 22.0. The molecule has 0 fully saturated rings. The first-order valence-electron chi connectivity index (χ1n) is 15.1. The van der Waals surface area contributed by atoms with E-state index in [1.165, 1.54) is 36.3 Å². The van der Waals surface area contributed by atoms with Crippen molar-refractivity contribution in [1.29, 1.82) is 0 Å². The highest BCUT2D eigenvalue weighted by Crippen LogP contribution is 2.33. The summed E-state index contributed by atoms with van der Waals surface area (Å²) >= 11 is 0. The van der Waals surface area contributed by atoms with E-state index >= 15 is 0 Å². The second kappa shape index (κ2) is 15.5. The quantitative estimate of drug-likeness (QED) is 0.185. The van der Waals surface area contributed by atoms with Crippen molar-refractivity contribution >= 4 is 27.5 Å². The van der Waals surface area contributed by atoms with Gasteiger partial charge in [0, 0.05) is 19.0 Å². The van der Waals surface area contributed by atoms with Crippen LogP contribution in [0, 0.1) is 12.7 Å². The number of amides is 2. The van der Waals surface area contributed by atoms with Gasteiger partial charge in [0.15, 0.2) is 0 Å². The predicted octanol–water partition coefficient (Wildman–Crippen LogP) is 5.89. The Morgan fingerprint density at radius 3 is 2.13 bits per heavy atom. The van der Waals surface area contributed by atoms with Crippen LogP contribution in [0.1, 0.15) is 37.0 Å². The second-order valence-electron chi connectivity index (χ2n) is 11.2. The number of rotatable bonds is 14. The number of halogens is 1. The molecule has 8 nitrogen and oxygen atoms in total. The van der Waals surface area contributed by atoms with Crippen molar-refractivity contribution in [3.8, 4) is 5.75 Å². The summed E-state index contributed by atoms with van der Waals surface area (Å²) in [6.07, 6.45) is 0.849. The van der Waals surface area contributed by atoms with Gasteiger partial charge in [-0.3, -0.25) is 13.9 Å². The number of carbonyl (C=O) groups excluding carboxylic acids is 2. The third kappa shape index (κ3) is 8.51. The molecule has 242 valence electrons. The van der Waals surface area contributed by atoms with Crippen molar-refractivity contribution in [3.05, 3.63) is 126 Å². The van der Waals surface area contributed by atoms with Gasteiger partial charge in [-0.2, -0.15) is 0 Å². The van der Waals surface area contributed by atoms with Crippen LogP contribution in [0.25, 0.3) is 0 Å². The number of aryl methyl sites for hydroxylation is 1. The molecule has 0 aliphatic heterocycles. The van der Waals surface area contributed by atoms with Crippen molar-refractivity contribution in [2.24, 2.45) is 0 Å². The van der Waals surface area contributed by atoms with Gasteiger partial charge in [-0.05, 0) is 67.8 Å². The number of hydrogen-bond acceptors (Lipinski definition) is 5. The van der Waals surface area contributed by atoms with Gasteiger partial charge in [-0.15, -0.1) is 0 Å². The highest BCUT2D eigenvalue weighted by atomic mass is 32.2. The molecular weight excluding hydrogens is 605 g/mol. The fraction of sp³-hybridized carbons (Fsp3) is 0.278. The molecule has 0 radical (unpaired) electrons. The highest BCUT2D eigenvalue weighted by molar-refractivity contribution is 7.92. The minimum absolute atomic E-state index is 0.00256. The van der Waals surface area contributed by atoms with Gasteiger partial charge in [0.25, 0.3) is 10.0 Å². The molecule has 1 N–H and O–H groups in total. The third-order valence-corrected chi connectivity index (χ3v) is 9.55. The van der Waals surface area contributed by atoms with E-state index in [-0.39, 0.29) is 41.2 Å². The van der Waals surface area contributed by atoms with Crippen LogP contribution >= 0.6 is 0 Å². The standard InChI is InChI=1S/C36H40FN3O5S/c1-5-27(3)38-36(42)33(23-28-11-7-6-8-12-28)39(24-29-17-19-30(37)20-18-29)35(41)25-40(32-13-9-10-14-34(32)45-4)46(43,44)31-21-15-26(2)16-22-31/h6-22,27,33H,5,23-25H2,1-4H3,(H,38,42)/t27-,33-/m1/s1. The minimum Gasteiger partial charge on any atom is -0.495 e. The lowest BCUT2D eigenvalue weighted by molar-refractivity contribution is -0.140. The summed E-state index contributed by atoms with van der Waals surface area (Å²) in [5.74, 6) is -1.18. The minimum atomic E-state index is -4.28. The Balaban J connectivity index is 1.83. The van der Waals surface area contributed by atoms with Crippen LogP contribution in [0.3, 0.4) is 0 Å². The summed E-state index contributed by atoms with van der Waals surface area (Å²) in [6, 6.07) is 26.7. The Hall–Kier alpha value is -4.70. The summed E-state index contributed by atoms with van der Waals surface area (Å²) < 4.78 is 48.8. The van der Waals surface area contributed by atoms with Crippen LogP contribution in [0.2, 0.25) is 0 Å². The van der Waals surface area contributed by atoms with E-state index in [0.29, 0.717) is 12.0 Å². The van der Waals surface area contributed by atoms with Crippen molar-refractivity contribution < 1.29 is 27.1 Å². The van der Waals surface area contributed by atoms with Gasteiger partial charge in [0.05, 0.1) is 17.7 Å². The molecule has 2 amide bonds. The Labute approximate surface area is 270 Å². The number of ether oxygens (including phenoxy) is 1. The van der Waals surface area contributed by atoms with Gasteiger partial charge in [-0.1, -0.05) is 79.2 Å². The summed E-state index contributed by atoms with van der Waals surface area (Å²) in [5.41, 5.74) is 2.44. The Bertz CT molecular complexity index is 1720. The molecule has 0 saturated carbocycles. The molecule has 10 heteroatoms. The number of carbonyl (C=O) groups is 2. The lowest BCUT2D eigenvalue weighted by atomic mass is 10.0. The molecule has 0 spiro atoms. The van der Waals surface area contributed by atoms with E-state index in [0.717, 1.165) is 15.4 Å². The number of hydrogen-bond donors (Lipinski definition) is 1. The smallest absolute Gasteiger partial charge is 0.264 e. The van der Waals surface area contributed by atoms with E-state index in [9.17, 15) is 22.4 Å². The number of nitrogens with zero attached hydrogens (tertiary/aromatic N) is 2. The molecule has 0 unspecified atom stereocenters. The van der Waals surface area contributed by atoms with Gasteiger partial charge >= 0.3 is 0 Å². The first-order valence-corrected chi connectivity index (χ1v) is 16.6. The maximum atomic E-state index is 14.5. The lowest BCUT2D eigenvalue weighted by Crippen LogP contribution is -2.54. The lowest BCUT2D eigenvalue weighted by Gasteiger charge is -2.34. The molecule has 4 aromatic rings. The van der Waals surface area contributed by atoms with Crippen LogP contribution in [-0.2, 0) is 32.6 Å². The van der Waals surface area contributed by atoms with Gasteiger partial charge in [-0.25, -0.2) is 12.8 Å². The average molecular weight is 646 g/mol. The van der Waals surface area contributed by atoms with E-state index in [2.05, 4.69) is 5.32 Å². The van der Waals surface area contributed by atoms with E-state index < -0.39 is 34.3 Å². The highest BCUT2D eigenvalue weighted by Gasteiger charge is 2.35. The van der Waals surface area contributed by atoms with Crippen molar-refractivity contribution in [2.45, 2.75) is 57.1 Å². The van der Waals surface area contributed by atoms with E-state index in [1.54, 1.807) is 48.5 Å². The largest absolute Gasteiger partial charge is 0.495 e. The fourth-order valence-corrected chi connectivity index (χ4v) is 6.39. The summed E-state index contributed by atoms with van der Waals surface area (Å²) in [5, 5.41) is 3.00. The molecule has 46 heavy (non-hydrogen) atoms. The molecule has 2 atom stereocenters. The number of methoxy groups -OCH3 is 1. The number of anilines is 1. The number of para-hydroxylation sites is 2. The molecule has 0 aliphatic carbocycles. The molecule has 0 aliphatic rings. The summed E-state index contributed by atoms with van der Waals surface area (Å²) in [4.78, 5) is 29.8. The molecule has 0 heterocycles. The SMILES string of the molecule is CC[C@@H](C)NC(=O)[C@@H](Cc1ccccc1)N(Cc1ccc(F)cc1)C(=O)CN(c1ccccc1OC)S(=O)(=O)c1ccc(C)cc1. The zero-order valence-electron chi connectivity index (χ0n) is 26.5. The fourth-order valence-electron chi connectivity index (χ4n) is 4.97. The van der Waals surface area contributed by atoms with Gasteiger partial charge in [0.1, 0.15) is 24.2 Å². The zero-order chi connectivity index (χ0) is 33.3. The molecule has 0 aromatic heterocycles. The van der Waals surface area contributed by atoms with Crippen molar-refractivity contribution in [2.75, 3.05) is 18.0 Å². The average Bonchev–Trinajstić information content (AvgIpc) is 3.06. The topological polar surface area (TPSA) is 96.0 Å². The Morgan fingerprint density at radius 2 is 1.50 bits per heavy atom. The van der Waals surface area contributed by atoms with Crippen LogP contribution in [-0.4, -0.2) is 50.9 Å². The zero-order valence-corrected chi connectivity index (χ0v) is 27.3. The first kappa shape index (κ1) is 34.2. The van der Waals surface area contributed by atoms with Crippen molar-refractivity contribution in [3.63, 3.8) is 0 Å². The predicted molar refractivity (Wildman–Crippen MR) is 177 cm³/mol. The van der Waals surface area contributed by atoms with Crippen molar-refractivity contribution in [1.82, 2.24) is 10.2 Å². The molecular formula is C36H40FN3O5S. The van der Waals surface area contributed by atoms with Crippen LogP contribution in [0.4, 0.5) is 10.1 Å². The maximum absolute atomic E-state index is 14.5. The van der Waals surface area contributed by atoms with Gasteiger partial charge < -0.3 is 15.0 Å². The van der Waals surface area contributed by atoms with Crippen LogP contribution < -0.4 is 14.4 Å². The summed E-state index contributed by atoms with van der Waals surface area (Å²) in [6.45, 7) is 4.98. The van der Waals surface area contributed by atoms with Crippen LogP contribution in [0.15, 0.2) is 108 Å². The molecule has 4 rings (SSSR count). The molecule has 0 bridgehead atoms. The van der Waals surface area contributed by atoms with E-state index in [4.69, 9.17) is 4.74 Å². The molecule has 0 saturated heterocycles. The van der Waals surface area contributed by atoms with Gasteiger partial charge in [0.2, 0.25) is 11.8 Å². The number of benzene rings is 4. The van der Waals surface area contributed by atoms with E-state index in [1.807, 2.05) is 51.1 Å². The number of sulfonamides is 1. The Morgan fingerprint density at radius 1 is 0.870 bits per heavy atom. The summed E-state index contributed by atoms with van der Waals surface area (Å²) in [7, 11) is -2.86. The third-order valence-electron chi connectivity index (χ3n) is 7.78.